The summed E-state index contributed by atoms with van der Waals surface area (Å²) in [6.07, 6.45) is -0.861. The maximum absolute atomic E-state index is 13.5. The van der Waals surface area contributed by atoms with E-state index in [1.54, 1.807) is 11.8 Å². The highest BCUT2D eigenvalue weighted by atomic mass is 32.2. The van der Waals surface area contributed by atoms with Crippen LogP contribution in [0.1, 0.15) is 38.3 Å². The molecule has 238 valence electrons. The Balaban J connectivity index is 1.28. The van der Waals surface area contributed by atoms with Gasteiger partial charge < -0.3 is 24.4 Å². The summed E-state index contributed by atoms with van der Waals surface area (Å²) in [6, 6.07) is 10.9. The van der Waals surface area contributed by atoms with Gasteiger partial charge in [0.2, 0.25) is 5.91 Å². The number of ether oxygens (including phenoxy) is 2. The number of non-ortho nitro benzene ring substituents is 2. The molecule has 15 heteroatoms. The quantitative estimate of drug-likeness (QED) is 0.170. The first-order valence-electron chi connectivity index (χ1n) is 14.3. The molecule has 3 unspecified atom stereocenters. The van der Waals surface area contributed by atoms with Crippen LogP contribution in [0.15, 0.2) is 59.1 Å². The van der Waals surface area contributed by atoms with E-state index in [1.807, 2.05) is 13.8 Å². The molecule has 3 aliphatic heterocycles. The van der Waals surface area contributed by atoms with Gasteiger partial charge in [-0.1, -0.05) is 13.8 Å². The maximum atomic E-state index is 13.5. The Morgan fingerprint density at radius 3 is 2.04 bits per heavy atom. The van der Waals surface area contributed by atoms with Crippen molar-refractivity contribution < 1.29 is 38.8 Å². The minimum Gasteiger partial charge on any atom is -0.456 e. The lowest BCUT2D eigenvalue weighted by molar-refractivity contribution is -0.385. The first-order chi connectivity index (χ1) is 21.3. The Morgan fingerprint density at radius 1 is 1.00 bits per heavy atom. The van der Waals surface area contributed by atoms with Gasteiger partial charge in [0.05, 0.1) is 27.9 Å². The lowest BCUT2D eigenvalue weighted by atomic mass is 9.71. The fourth-order valence-corrected chi connectivity index (χ4v) is 7.52. The molecule has 2 amide bonds. The zero-order valence-corrected chi connectivity index (χ0v) is 25.6. The number of likely N-dealkylation sites (tertiary alicyclic amines) is 1. The van der Waals surface area contributed by atoms with Crippen molar-refractivity contribution in [2.24, 2.45) is 11.3 Å². The number of carbonyl (C=O) groups excluding carboxylic acids is 3. The van der Waals surface area contributed by atoms with Gasteiger partial charge in [-0.2, -0.15) is 0 Å². The zero-order chi connectivity index (χ0) is 32.6. The van der Waals surface area contributed by atoms with Gasteiger partial charge in [0.15, 0.2) is 0 Å². The lowest BCUT2D eigenvalue weighted by Crippen LogP contribution is -2.65. The largest absolute Gasteiger partial charge is 0.456 e. The summed E-state index contributed by atoms with van der Waals surface area (Å²) in [5.41, 5.74) is 0.394. The Labute approximate surface area is 262 Å². The third kappa shape index (κ3) is 6.22. The second-order valence-electron chi connectivity index (χ2n) is 11.8. The number of β-lactam (4-membered cyclic amide) rings is 1. The zero-order valence-electron chi connectivity index (χ0n) is 24.8. The van der Waals surface area contributed by atoms with Gasteiger partial charge in [-0.05, 0) is 48.7 Å². The molecule has 0 aliphatic carbocycles. The van der Waals surface area contributed by atoms with Crippen LogP contribution < -0.4 is 0 Å². The van der Waals surface area contributed by atoms with Gasteiger partial charge in [-0.15, -0.1) is 11.8 Å². The van der Waals surface area contributed by atoms with Crippen molar-refractivity contribution in [1.82, 2.24) is 9.80 Å². The van der Waals surface area contributed by atoms with Crippen LogP contribution in [0.4, 0.5) is 16.2 Å². The lowest BCUT2D eigenvalue weighted by Gasteiger charge is -2.49. The summed E-state index contributed by atoms with van der Waals surface area (Å²) < 4.78 is 11.0. The molecule has 3 aliphatic rings. The summed E-state index contributed by atoms with van der Waals surface area (Å²) in [4.78, 5) is 63.9. The number of rotatable bonds is 10. The average Bonchev–Trinajstić information content (AvgIpc) is 3.54. The molecule has 0 aromatic heterocycles. The molecule has 0 spiro atoms. The van der Waals surface area contributed by atoms with E-state index in [-0.39, 0.29) is 41.4 Å². The van der Waals surface area contributed by atoms with Crippen molar-refractivity contribution >= 4 is 41.1 Å². The first-order valence-corrected chi connectivity index (χ1v) is 15.2. The molecule has 3 heterocycles. The highest BCUT2D eigenvalue weighted by Gasteiger charge is 2.65. The number of benzene rings is 2. The molecule has 2 aromatic carbocycles. The smallest absolute Gasteiger partial charge is 0.410 e. The Hall–Kier alpha value is -4.50. The number of aliphatic hydroxyl groups excluding tert-OH is 1. The van der Waals surface area contributed by atoms with Crippen molar-refractivity contribution in [3.8, 4) is 0 Å². The van der Waals surface area contributed by atoms with E-state index >= 15 is 0 Å². The van der Waals surface area contributed by atoms with Crippen molar-refractivity contribution in [1.29, 1.82) is 0 Å². The molecule has 2 aromatic rings. The number of carbonyl (C=O) groups is 3. The Kier molecular flexibility index (Phi) is 8.85. The van der Waals surface area contributed by atoms with Crippen molar-refractivity contribution in [3.63, 3.8) is 0 Å². The van der Waals surface area contributed by atoms with Crippen LogP contribution in [0.5, 0.6) is 0 Å². The molecular formula is C30H32N4O10S. The second kappa shape index (κ2) is 12.5. The summed E-state index contributed by atoms with van der Waals surface area (Å²) in [5, 5.41) is 32.1. The topological polar surface area (TPSA) is 183 Å². The number of hydrogen-bond acceptors (Lipinski definition) is 11. The average molecular weight is 641 g/mol. The third-order valence-corrected chi connectivity index (χ3v) is 10.0. The third-order valence-electron chi connectivity index (χ3n) is 8.35. The van der Waals surface area contributed by atoms with E-state index in [4.69, 9.17) is 9.47 Å². The molecule has 1 N–H and O–H groups in total. The van der Waals surface area contributed by atoms with E-state index in [1.165, 1.54) is 65.2 Å². The number of hydrogen-bond donors (Lipinski definition) is 1. The number of aliphatic hydroxyl groups is 1. The minimum absolute atomic E-state index is 0.0481. The monoisotopic (exact) mass is 640 g/mol. The summed E-state index contributed by atoms with van der Waals surface area (Å²) >= 11 is 1.40. The minimum atomic E-state index is -0.924. The van der Waals surface area contributed by atoms with Crippen LogP contribution in [0.25, 0.3) is 0 Å². The summed E-state index contributed by atoms with van der Waals surface area (Å²) in [7, 11) is 0. The molecule has 45 heavy (non-hydrogen) atoms. The number of amides is 2. The molecule has 14 nitrogen and oxygen atoms in total. The van der Waals surface area contributed by atoms with Gasteiger partial charge in [0, 0.05) is 52.9 Å². The maximum Gasteiger partial charge on any atom is 0.410 e. The van der Waals surface area contributed by atoms with Gasteiger partial charge >= 0.3 is 12.1 Å². The normalized spacial score (nSPS) is 22.5. The van der Waals surface area contributed by atoms with Crippen LogP contribution >= 0.6 is 11.8 Å². The van der Waals surface area contributed by atoms with Crippen LogP contribution in [0.3, 0.4) is 0 Å². The Morgan fingerprint density at radius 2 is 1.53 bits per heavy atom. The van der Waals surface area contributed by atoms with Crippen molar-refractivity contribution in [2.75, 3.05) is 13.1 Å². The SMILES string of the molecule is CC(O)C1C(=O)N2C(C(=O)OCc3ccc([N+](=O)[O-])cc3)=C(SC3CCN(C(=O)OCc4ccc([N+](=O)[O-])cc4)C3)C(C)(C)[C@H]12. The van der Waals surface area contributed by atoms with Crippen LogP contribution in [0, 0.1) is 31.6 Å². The van der Waals surface area contributed by atoms with Crippen LogP contribution in [-0.4, -0.2) is 73.2 Å². The molecular weight excluding hydrogens is 608 g/mol. The number of nitrogens with zero attached hydrogens (tertiary/aromatic N) is 4. The highest BCUT2D eigenvalue weighted by Crippen LogP contribution is 2.58. The molecule has 2 saturated heterocycles. The molecule has 0 radical (unpaired) electrons. The number of esters is 1. The van der Waals surface area contributed by atoms with Gasteiger partial charge in [-0.3, -0.25) is 25.0 Å². The predicted molar refractivity (Wildman–Crippen MR) is 160 cm³/mol. The van der Waals surface area contributed by atoms with E-state index in [2.05, 4.69) is 0 Å². The first kappa shape index (κ1) is 31.9. The molecule has 4 atom stereocenters. The summed E-state index contributed by atoms with van der Waals surface area (Å²) in [6.45, 7) is 5.90. The fourth-order valence-electron chi connectivity index (χ4n) is 5.99. The van der Waals surface area contributed by atoms with Crippen LogP contribution in [0.2, 0.25) is 0 Å². The number of nitro groups is 2. The number of nitro benzene ring substituents is 2. The highest BCUT2D eigenvalue weighted by molar-refractivity contribution is 8.03. The van der Waals surface area contributed by atoms with Crippen molar-refractivity contribution in [2.45, 2.75) is 57.8 Å². The fraction of sp³-hybridized carbons (Fsp3) is 0.433. The second-order valence-corrected chi connectivity index (χ2v) is 13.1. The Bertz CT molecular complexity index is 1560. The van der Waals surface area contributed by atoms with Crippen molar-refractivity contribution in [3.05, 3.63) is 90.5 Å². The van der Waals surface area contributed by atoms with E-state index < -0.39 is 45.4 Å². The van der Waals surface area contributed by atoms with Gasteiger partial charge in [-0.25, -0.2) is 9.59 Å². The molecule has 2 fully saturated rings. The summed E-state index contributed by atoms with van der Waals surface area (Å²) in [5.74, 6) is -1.78. The molecule has 5 rings (SSSR count). The molecule has 0 bridgehead atoms. The van der Waals surface area contributed by atoms with E-state index in [0.717, 1.165) is 0 Å². The number of fused-ring (bicyclic) bond motifs is 1. The molecule has 0 saturated carbocycles. The van der Waals surface area contributed by atoms with Gasteiger partial charge in [0.1, 0.15) is 18.9 Å². The predicted octanol–water partition coefficient (Wildman–Crippen LogP) is 4.15. The number of thioether (sulfide) groups is 1. The van der Waals surface area contributed by atoms with E-state index in [9.17, 15) is 39.7 Å². The standard InChI is InChI=1S/C30H32N4O10S/c1-17(35)23-25-30(2,3)26(24(32(25)27(23)36)28(37)43-15-18-4-8-20(9-5-18)33(39)40)45-22-12-13-31(14-22)29(38)44-16-19-6-10-21(11-7-19)34(41)42/h4-11,17,22-23,25,35H,12-16H2,1-3H3/t17?,22?,23?,25-/m0/s1. The van der Waals surface area contributed by atoms with Gasteiger partial charge in [0.25, 0.3) is 11.4 Å². The van der Waals surface area contributed by atoms with E-state index in [0.29, 0.717) is 35.5 Å². The van der Waals surface area contributed by atoms with Crippen LogP contribution in [-0.2, 0) is 32.3 Å².